The van der Waals surface area contributed by atoms with Gasteiger partial charge < -0.3 is 10.3 Å². The third-order valence-corrected chi connectivity index (χ3v) is 9.92. The molecule has 0 fully saturated rings. The summed E-state index contributed by atoms with van der Waals surface area (Å²) in [5.74, 6) is 0. The van der Waals surface area contributed by atoms with Crippen LogP contribution in [0.25, 0.3) is 43.9 Å². The molecule has 2 N–H and O–H groups in total. The van der Waals surface area contributed by atoms with Gasteiger partial charge in [0.25, 0.3) is 0 Å². The summed E-state index contributed by atoms with van der Waals surface area (Å²) in [6.07, 6.45) is 3.93. The summed E-state index contributed by atoms with van der Waals surface area (Å²) in [5.41, 5.74) is 11.4. The number of aliphatic imine (C=N–C) groups is 1. The minimum Gasteiger partial charge on any atom is -0.365 e. The van der Waals surface area contributed by atoms with Gasteiger partial charge in [-0.15, -0.1) is 0 Å². The number of nitrogens with zero attached hydrogens (tertiary/aromatic N) is 2. The molecule has 0 saturated carbocycles. The monoisotopic (exact) mass is 560 g/mol. The number of carbonyl (C=O) groups excluding carboxylic acids is 2. The zero-order chi connectivity index (χ0) is 26.8. The fraction of sp³-hybridized carbons (Fsp3) is 0.188. The van der Waals surface area contributed by atoms with Gasteiger partial charge in [-0.05, 0) is 93.2 Å². The number of aryl methyl sites for hydroxylation is 3. The van der Waals surface area contributed by atoms with E-state index in [-0.39, 0.29) is 23.2 Å². The molecular weight excluding hydrogens is 534 g/mol. The van der Waals surface area contributed by atoms with Crippen LogP contribution in [0.3, 0.4) is 0 Å². The van der Waals surface area contributed by atoms with Gasteiger partial charge in [0.05, 0.1) is 17.8 Å². The minimum atomic E-state index is 0.0649. The molecule has 5 aromatic rings. The molecule has 4 atom stereocenters. The number of hydrogen-bond donors (Lipinski definition) is 2. The second-order valence-corrected chi connectivity index (χ2v) is 12.8. The molecule has 6 nitrogen and oxygen atoms in total. The Morgan fingerprint density at radius 3 is 2.52 bits per heavy atom. The van der Waals surface area contributed by atoms with Crippen molar-refractivity contribution < 1.29 is 9.59 Å². The number of rotatable bonds is 5. The van der Waals surface area contributed by atoms with Crippen molar-refractivity contribution in [1.29, 1.82) is 0 Å². The van der Waals surface area contributed by atoms with Crippen molar-refractivity contribution in [2.24, 2.45) is 4.99 Å². The average molecular weight is 561 g/mol. The fourth-order valence-corrected chi connectivity index (χ4v) is 7.87. The number of amidine groups is 1. The first kappa shape index (κ1) is 24.1. The Morgan fingerprint density at radius 2 is 1.65 bits per heavy atom. The summed E-state index contributed by atoms with van der Waals surface area (Å²) in [5, 5.41) is 8.46. The molecule has 3 aliphatic rings. The van der Waals surface area contributed by atoms with E-state index in [0.717, 1.165) is 60.3 Å². The summed E-state index contributed by atoms with van der Waals surface area (Å²) < 4.78 is 0. The molecule has 2 aliphatic carbocycles. The Balaban J connectivity index is 1.15. The van der Waals surface area contributed by atoms with Crippen LogP contribution >= 0.6 is 17.2 Å². The van der Waals surface area contributed by atoms with Crippen LogP contribution in [0.5, 0.6) is 0 Å². The van der Waals surface area contributed by atoms with E-state index >= 15 is 0 Å². The van der Waals surface area contributed by atoms with Gasteiger partial charge in [-0.2, -0.15) is 0 Å². The highest BCUT2D eigenvalue weighted by Gasteiger charge is 2.34. The van der Waals surface area contributed by atoms with Crippen LogP contribution in [0.1, 0.15) is 34.8 Å². The molecule has 8 rings (SSSR count). The van der Waals surface area contributed by atoms with E-state index < -0.39 is 0 Å². The van der Waals surface area contributed by atoms with Crippen LogP contribution in [-0.4, -0.2) is 33.6 Å². The van der Waals surface area contributed by atoms with E-state index in [1.54, 1.807) is 0 Å². The largest absolute Gasteiger partial charge is 0.365 e. The Hall–Kier alpha value is -3.72. The first-order valence-corrected chi connectivity index (χ1v) is 15.8. The van der Waals surface area contributed by atoms with E-state index in [1.807, 2.05) is 0 Å². The molecule has 2 heterocycles. The lowest BCUT2D eigenvalue weighted by Crippen LogP contribution is -2.33. The summed E-state index contributed by atoms with van der Waals surface area (Å²) in [6.45, 7) is 0. The second-order valence-electron chi connectivity index (χ2n) is 10.8. The molecule has 0 radical (unpaired) electrons. The molecule has 196 valence electrons. The molecule has 0 bridgehead atoms. The smallest absolute Gasteiger partial charge is 0.146 e. The lowest BCUT2D eigenvalue weighted by atomic mass is 9.83. The Kier molecular flexibility index (Phi) is 5.69. The van der Waals surface area contributed by atoms with E-state index in [4.69, 9.17) is 9.98 Å². The maximum Gasteiger partial charge on any atom is 0.146 e. The van der Waals surface area contributed by atoms with Crippen molar-refractivity contribution in [3.63, 3.8) is 0 Å². The molecule has 0 amide bonds. The second kappa shape index (κ2) is 9.44. The summed E-state index contributed by atoms with van der Waals surface area (Å²) in [4.78, 5) is 35.0. The molecule has 1 aromatic heterocycles. The molecule has 4 unspecified atom stereocenters. The number of hydrogen-bond acceptors (Lipinski definition) is 5. The quantitative estimate of drug-likeness (QED) is 0.209. The number of nitrogens with one attached hydrogen (secondary N) is 2. The molecule has 0 saturated heterocycles. The highest BCUT2D eigenvalue weighted by molar-refractivity contribution is 7.71. The zero-order valence-corrected chi connectivity index (χ0v) is 23.6. The minimum absolute atomic E-state index is 0.0649. The van der Waals surface area contributed by atoms with Crippen molar-refractivity contribution in [3.05, 3.63) is 83.0 Å². The highest BCUT2D eigenvalue weighted by atomic mass is 31.1. The van der Waals surface area contributed by atoms with Crippen LogP contribution < -0.4 is 10.9 Å². The van der Waals surface area contributed by atoms with Gasteiger partial charge in [-0.25, -0.2) is 4.98 Å². The van der Waals surface area contributed by atoms with Crippen LogP contribution in [-0.2, 0) is 28.9 Å². The third-order valence-electron chi connectivity index (χ3n) is 8.63. The van der Waals surface area contributed by atoms with Gasteiger partial charge >= 0.3 is 0 Å². The predicted octanol–water partition coefficient (Wildman–Crippen LogP) is 5.83. The van der Waals surface area contributed by atoms with E-state index in [2.05, 4.69) is 71.0 Å². The maximum atomic E-state index is 11.0. The molecule has 1 aliphatic heterocycles. The standard InChI is InChI=1S/C32H26N4O2P2/c37-15-39-31-34-28-10-8-24-23-6-3-18(11-20(23)4-7-25(24)29(28)35-31)17-1-2-19-14-26-21(13-22(19)12-17)5-9-27-30(26)36-32(33-27)40-16-38/h1-4,6-7,11-16,27,30,39-40H,5,8-10H2,(H,33,36)(H,34,35). The maximum absolute atomic E-state index is 11.0. The number of carbonyl (C=O) groups is 2. The molecular formula is C32H26N4O2P2. The van der Waals surface area contributed by atoms with E-state index in [9.17, 15) is 9.59 Å². The number of aromatic amines is 1. The fourth-order valence-electron chi connectivity index (χ4n) is 6.77. The van der Waals surface area contributed by atoms with Gasteiger partial charge in [0.1, 0.15) is 23.2 Å². The zero-order valence-electron chi connectivity index (χ0n) is 21.6. The van der Waals surface area contributed by atoms with Crippen LogP contribution in [0.15, 0.2) is 65.7 Å². The molecule has 8 heteroatoms. The van der Waals surface area contributed by atoms with Gasteiger partial charge in [0, 0.05) is 28.4 Å². The third kappa shape index (κ3) is 3.85. The lowest BCUT2D eigenvalue weighted by molar-refractivity contribution is 0.479. The number of H-pyrrole nitrogens is 1. The average Bonchev–Trinajstić information content (AvgIpc) is 3.59. The van der Waals surface area contributed by atoms with Gasteiger partial charge in [-0.3, -0.25) is 14.6 Å². The molecule has 4 aromatic carbocycles. The first-order valence-electron chi connectivity index (χ1n) is 13.6. The van der Waals surface area contributed by atoms with Crippen molar-refractivity contribution in [2.75, 3.05) is 0 Å². The van der Waals surface area contributed by atoms with Crippen molar-refractivity contribution in [3.8, 4) is 22.4 Å². The highest BCUT2D eigenvalue weighted by Crippen LogP contribution is 2.41. The van der Waals surface area contributed by atoms with Crippen molar-refractivity contribution >= 4 is 61.9 Å². The predicted molar refractivity (Wildman–Crippen MR) is 167 cm³/mol. The SMILES string of the molecule is O=CPC1=NC2c3cc4ccc(-c5ccc6c7c(ccc6c5)-c5nc(PC=O)[nH]c5CC7)cc4cc3CCC2N1. The van der Waals surface area contributed by atoms with Gasteiger partial charge in [0.2, 0.25) is 0 Å². The van der Waals surface area contributed by atoms with E-state index in [1.165, 1.54) is 54.9 Å². The van der Waals surface area contributed by atoms with E-state index in [0.29, 0.717) is 6.04 Å². The Morgan fingerprint density at radius 1 is 0.825 bits per heavy atom. The topological polar surface area (TPSA) is 87.2 Å². The van der Waals surface area contributed by atoms with Gasteiger partial charge in [-0.1, -0.05) is 42.5 Å². The van der Waals surface area contributed by atoms with Crippen LogP contribution in [0.4, 0.5) is 0 Å². The Labute approximate surface area is 234 Å². The van der Waals surface area contributed by atoms with Crippen molar-refractivity contribution in [1.82, 2.24) is 15.3 Å². The first-order chi connectivity index (χ1) is 19.7. The lowest BCUT2D eigenvalue weighted by Gasteiger charge is -2.27. The molecule has 40 heavy (non-hydrogen) atoms. The van der Waals surface area contributed by atoms with Gasteiger partial charge in [0.15, 0.2) is 0 Å². The number of benzene rings is 4. The number of fused-ring (bicyclic) bond motifs is 9. The Bertz CT molecular complexity index is 1910. The molecule has 0 spiro atoms. The number of aromatic nitrogens is 2. The van der Waals surface area contributed by atoms with Crippen LogP contribution in [0, 0.1) is 0 Å². The normalized spacial score (nSPS) is 19.4. The van der Waals surface area contributed by atoms with Crippen molar-refractivity contribution in [2.45, 2.75) is 37.8 Å². The number of imidazole rings is 1. The summed E-state index contributed by atoms with van der Waals surface area (Å²) >= 11 is 0. The van der Waals surface area contributed by atoms with Crippen LogP contribution in [0.2, 0.25) is 0 Å². The summed E-state index contributed by atoms with van der Waals surface area (Å²) in [7, 11) is 0.169. The summed E-state index contributed by atoms with van der Waals surface area (Å²) in [6, 6.07) is 24.9.